The van der Waals surface area contributed by atoms with Crippen LogP contribution in [0.25, 0.3) is 0 Å². The average Bonchev–Trinajstić information content (AvgIpc) is 3.26. The molecule has 122 valence electrons. The number of rotatable bonds is 6. The van der Waals surface area contributed by atoms with E-state index >= 15 is 0 Å². The number of aromatic amines is 1. The number of H-pyrrole nitrogens is 1. The number of carbonyl (C=O) groups excluding carboxylic acids is 1. The Balaban J connectivity index is 1.49. The van der Waals surface area contributed by atoms with Crippen LogP contribution in [0.1, 0.15) is 30.7 Å². The van der Waals surface area contributed by atoms with Crippen LogP contribution in [-0.2, 0) is 17.8 Å². The van der Waals surface area contributed by atoms with Crippen molar-refractivity contribution in [1.29, 1.82) is 0 Å². The van der Waals surface area contributed by atoms with Gasteiger partial charge in [-0.05, 0) is 49.2 Å². The highest BCUT2D eigenvalue weighted by Gasteiger charge is 2.43. The zero-order chi connectivity index (χ0) is 16.4. The summed E-state index contributed by atoms with van der Waals surface area (Å²) in [6.07, 6.45) is 1.46. The lowest BCUT2D eigenvalue weighted by atomic mass is 10.1. The van der Waals surface area contributed by atoms with Crippen LogP contribution in [0.5, 0.6) is 0 Å². The molecule has 23 heavy (non-hydrogen) atoms. The second-order valence-corrected chi connectivity index (χ2v) is 6.12. The summed E-state index contributed by atoms with van der Waals surface area (Å²) >= 11 is 5.14. The van der Waals surface area contributed by atoms with Gasteiger partial charge in [0.25, 0.3) is 0 Å². The molecule has 0 aliphatic heterocycles. The first-order valence-electron chi connectivity index (χ1n) is 7.77. The zero-order valence-corrected chi connectivity index (χ0v) is 13.7. The number of hydrogen-bond acceptors (Lipinski definition) is 3. The predicted molar refractivity (Wildman–Crippen MR) is 87.0 cm³/mol. The first-order valence-corrected chi connectivity index (χ1v) is 8.18. The van der Waals surface area contributed by atoms with Crippen molar-refractivity contribution >= 4 is 18.1 Å². The third kappa shape index (κ3) is 3.50. The number of nitrogens with one attached hydrogen (secondary N) is 2. The Labute approximate surface area is 138 Å². The molecule has 2 aromatic rings. The van der Waals surface area contributed by atoms with Gasteiger partial charge in [-0.2, -0.15) is 5.10 Å². The summed E-state index contributed by atoms with van der Waals surface area (Å²) in [6, 6.07) is 6.39. The molecule has 2 atom stereocenters. The summed E-state index contributed by atoms with van der Waals surface area (Å²) in [5, 5.41) is 9.89. The molecule has 0 spiro atoms. The molecular weight excluding hydrogens is 315 g/mol. The smallest absolute Gasteiger partial charge is 0.223 e. The minimum Gasteiger partial charge on any atom is -0.355 e. The maximum absolute atomic E-state index is 12.9. The molecule has 0 bridgehead atoms. The summed E-state index contributed by atoms with van der Waals surface area (Å²) in [5.74, 6) is 0.855. The summed E-state index contributed by atoms with van der Waals surface area (Å²) < 4.78 is 15.4. The van der Waals surface area contributed by atoms with Crippen molar-refractivity contribution in [3.8, 4) is 0 Å². The van der Waals surface area contributed by atoms with E-state index in [2.05, 4.69) is 15.5 Å². The van der Waals surface area contributed by atoms with Crippen LogP contribution in [0.4, 0.5) is 4.39 Å². The molecule has 2 N–H and O–H groups in total. The summed E-state index contributed by atoms with van der Waals surface area (Å²) in [5.41, 5.74) is 1.03. The Morgan fingerprint density at radius 1 is 1.48 bits per heavy atom. The molecule has 3 rings (SSSR count). The predicted octanol–water partition coefficient (Wildman–Crippen LogP) is 2.56. The lowest BCUT2D eigenvalue weighted by Crippen LogP contribution is -2.28. The Kier molecular flexibility index (Phi) is 4.56. The standard InChI is InChI=1S/C16H19FN4OS/c1-2-21-14(19-20-16(21)23)7-8-18-15(22)13-9-12(13)10-3-5-11(17)6-4-10/h3-6,12-13H,2,7-9H2,1H3,(H,18,22)(H,20,23)/t12-,13-/m0/s1. The minimum atomic E-state index is -0.250. The van der Waals surface area contributed by atoms with Crippen molar-refractivity contribution in [2.45, 2.75) is 32.2 Å². The molecule has 1 amide bonds. The van der Waals surface area contributed by atoms with Gasteiger partial charge in [-0.1, -0.05) is 12.1 Å². The molecule has 0 radical (unpaired) electrons. The van der Waals surface area contributed by atoms with Crippen LogP contribution >= 0.6 is 12.2 Å². The molecule has 1 saturated carbocycles. The van der Waals surface area contributed by atoms with Crippen molar-refractivity contribution in [3.05, 3.63) is 46.2 Å². The van der Waals surface area contributed by atoms with Gasteiger partial charge in [0.2, 0.25) is 5.91 Å². The molecule has 1 aliphatic rings. The van der Waals surface area contributed by atoms with Gasteiger partial charge in [0.1, 0.15) is 11.6 Å². The van der Waals surface area contributed by atoms with Crippen LogP contribution in [0.15, 0.2) is 24.3 Å². The largest absolute Gasteiger partial charge is 0.355 e. The molecular formula is C16H19FN4OS. The molecule has 1 heterocycles. The Morgan fingerprint density at radius 3 is 2.91 bits per heavy atom. The van der Waals surface area contributed by atoms with Crippen LogP contribution in [0.3, 0.4) is 0 Å². The second-order valence-electron chi connectivity index (χ2n) is 5.73. The Bertz CT molecular complexity index is 752. The van der Waals surface area contributed by atoms with Crippen molar-refractivity contribution < 1.29 is 9.18 Å². The maximum atomic E-state index is 12.9. The van der Waals surface area contributed by atoms with E-state index in [1.165, 1.54) is 12.1 Å². The first kappa shape index (κ1) is 15.9. The van der Waals surface area contributed by atoms with Gasteiger partial charge in [0, 0.05) is 25.4 Å². The second kappa shape index (κ2) is 6.62. The maximum Gasteiger partial charge on any atom is 0.223 e. The fourth-order valence-electron chi connectivity index (χ4n) is 2.86. The average molecular weight is 334 g/mol. The van der Waals surface area contributed by atoms with Crippen molar-refractivity contribution in [2.75, 3.05) is 6.54 Å². The molecule has 1 aromatic heterocycles. The van der Waals surface area contributed by atoms with Crippen molar-refractivity contribution in [3.63, 3.8) is 0 Å². The van der Waals surface area contributed by atoms with E-state index in [4.69, 9.17) is 12.2 Å². The first-order chi connectivity index (χ1) is 11.1. The number of amides is 1. The molecule has 7 heteroatoms. The number of carbonyl (C=O) groups is 1. The van der Waals surface area contributed by atoms with Crippen molar-refractivity contribution in [1.82, 2.24) is 20.1 Å². The number of nitrogens with zero attached hydrogens (tertiary/aromatic N) is 2. The molecule has 0 saturated heterocycles. The van der Waals surface area contributed by atoms with Gasteiger partial charge in [-0.3, -0.25) is 9.89 Å². The monoisotopic (exact) mass is 334 g/mol. The van der Waals surface area contributed by atoms with Gasteiger partial charge in [0.05, 0.1) is 0 Å². The Hall–Kier alpha value is -2.02. The van der Waals surface area contributed by atoms with Gasteiger partial charge < -0.3 is 9.88 Å². The quantitative estimate of drug-likeness (QED) is 0.798. The van der Waals surface area contributed by atoms with E-state index < -0.39 is 0 Å². The van der Waals surface area contributed by atoms with Crippen LogP contribution in [0.2, 0.25) is 0 Å². The van der Waals surface area contributed by atoms with E-state index in [1.54, 1.807) is 12.1 Å². The fourth-order valence-corrected chi connectivity index (χ4v) is 3.14. The third-order valence-corrected chi connectivity index (χ3v) is 4.54. The van der Waals surface area contributed by atoms with E-state index in [-0.39, 0.29) is 23.6 Å². The van der Waals surface area contributed by atoms with Crippen LogP contribution in [0, 0.1) is 16.5 Å². The van der Waals surface area contributed by atoms with E-state index in [1.807, 2.05) is 11.5 Å². The molecule has 1 fully saturated rings. The number of halogens is 1. The van der Waals surface area contributed by atoms with Gasteiger partial charge in [-0.25, -0.2) is 4.39 Å². The van der Waals surface area contributed by atoms with E-state index in [9.17, 15) is 9.18 Å². The zero-order valence-electron chi connectivity index (χ0n) is 12.9. The summed E-state index contributed by atoms with van der Waals surface area (Å²) in [6.45, 7) is 3.30. The Morgan fingerprint density at radius 2 is 2.22 bits per heavy atom. The lowest BCUT2D eigenvalue weighted by molar-refractivity contribution is -0.122. The molecule has 5 nitrogen and oxygen atoms in total. The van der Waals surface area contributed by atoms with Crippen LogP contribution < -0.4 is 5.32 Å². The van der Waals surface area contributed by atoms with Gasteiger partial charge in [-0.15, -0.1) is 0 Å². The van der Waals surface area contributed by atoms with Crippen LogP contribution in [-0.4, -0.2) is 27.2 Å². The third-order valence-electron chi connectivity index (χ3n) is 4.23. The highest BCUT2D eigenvalue weighted by atomic mass is 32.1. The topological polar surface area (TPSA) is 62.7 Å². The molecule has 1 aliphatic carbocycles. The normalized spacial score (nSPS) is 19.6. The SMILES string of the molecule is CCn1c(CCNC(=O)[C@H]2C[C@H]2c2ccc(F)cc2)n[nH]c1=S. The number of benzene rings is 1. The van der Waals surface area contributed by atoms with Gasteiger partial charge in [0.15, 0.2) is 4.77 Å². The fraction of sp³-hybridized carbons (Fsp3) is 0.438. The lowest BCUT2D eigenvalue weighted by Gasteiger charge is -2.06. The van der Waals surface area contributed by atoms with Crippen molar-refractivity contribution in [2.24, 2.45) is 5.92 Å². The van der Waals surface area contributed by atoms with Gasteiger partial charge >= 0.3 is 0 Å². The summed E-state index contributed by atoms with van der Waals surface area (Å²) in [7, 11) is 0. The number of hydrogen-bond donors (Lipinski definition) is 2. The molecule has 1 aromatic carbocycles. The van der Waals surface area contributed by atoms with E-state index in [0.29, 0.717) is 17.7 Å². The van der Waals surface area contributed by atoms with E-state index in [0.717, 1.165) is 24.4 Å². The number of aromatic nitrogens is 3. The minimum absolute atomic E-state index is 0.00698. The summed E-state index contributed by atoms with van der Waals surface area (Å²) in [4.78, 5) is 12.2. The highest BCUT2D eigenvalue weighted by molar-refractivity contribution is 7.71. The molecule has 0 unspecified atom stereocenters. The highest BCUT2D eigenvalue weighted by Crippen LogP contribution is 2.47.